The summed E-state index contributed by atoms with van der Waals surface area (Å²) >= 11 is 0. The number of aryl methyl sites for hydroxylation is 1. The van der Waals surface area contributed by atoms with Crippen molar-refractivity contribution in [3.8, 4) is 5.75 Å². The summed E-state index contributed by atoms with van der Waals surface area (Å²) in [6, 6.07) is 12.7. The summed E-state index contributed by atoms with van der Waals surface area (Å²) in [7, 11) is 0. The summed E-state index contributed by atoms with van der Waals surface area (Å²) in [5, 5.41) is 12.3. The van der Waals surface area contributed by atoms with E-state index in [0.717, 1.165) is 22.5 Å². The van der Waals surface area contributed by atoms with Crippen molar-refractivity contribution in [3.63, 3.8) is 0 Å². The number of amides is 1. The van der Waals surface area contributed by atoms with Crippen LogP contribution in [-0.2, 0) is 4.79 Å². The number of phenolic OH excluding ortho intramolecular Hbond substituents is 1. The number of carbonyl (C=O) groups excluding carboxylic acids is 1. The van der Waals surface area contributed by atoms with E-state index in [1.165, 1.54) is 0 Å². The van der Waals surface area contributed by atoms with Gasteiger partial charge in [0.05, 0.1) is 5.69 Å². The van der Waals surface area contributed by atoms with Crippen molar-refractivity contribution in [2.45, 2.75) is 12.8 Å². The molecular weight excluding hydrogens is 252 g/mol. The lowest BCUT2D eigenvalue weighted by Gasteiger charge is -2.02. The highest BCUT2D eigenvalue weighted by Crippen LogP contribution is 2.31. The number of aromatic hydroxyl groups is 1. The minimum atomic E-state index is -0.361. The average molecular weight is 266 g/mol. The van der Waals surface area contributed by atoms with Gasteiger partial charge in [-0.15, -0.1) is 0 Å². The zero-order valence-electron chi connectivity index (χ0n) is 11.0. The van der Waals surface area contributed by atoms with E-state index in [4.69, 9.17) is 0 Å². The number of nitrogens with one attached hydrogen (secondary N) is 1. The Morgan fingerprint density at radius 1 is 1.25 bits per heavy atom. The second kappa shape index (κ2) is 4.81. The number of nitrogens with zero attached hydrogens (tertiary/aromatic N) is 1. The van der Waals surface area contributed by atoms with Crippen LogP contribution >= 0.6 is 0 Å². The third-order valence-electron chi connectivity index (χ3n) is 3.39. The lowest BCUT2D eigenvalue weighted by Crippen LogP contribution is -2.12. The van der Waals surface area contributed by atoms with E-state index >= 15 is 0 Å². The topological polar surface area (TPSA) is 61.7 Å². The lowest BCUT2D eigenvalue weighted by atomic mass is 10.0. The molecule has 1 amide bonds. The van der Waals surface area contributed by atoms with Crippen molar-refractivity contribution >= 4 is 23.5 Å². The van der Waals surface area contributed by atoms with E-state index in [2.05, 4.69) is 10.3 Å². The maximum Gasteiger partial charge on any atom is 0.237 e. The Bertz CT molecular complexity index is 707. The van der Waals surface area contributed by atoms with Gasteiger partial charge in [-0.05, 0) is 42.3 Å². The zero-order valence-corrected chi connectivity index (χ0v) is 11.0. The molecule has 0 fully saturated rings. The average Bonchev–Trinajstić information content (AvgIpc) is 2.76. The van der Waals surface area contributed by atoms with Gasteiger partial charge >= 0.3 is 0 Å². The van der Waals surface area contributed by atoms with E-state index in [0.29, 0.717) is 0 Å². The second-order valence-electron chi connectivity index (χ2n) is 4.80. The summed E-state index contributed by atoms with van der Waals surface area (Å²) < 4.78 is 0. The minimum Gasteiger partial charge on any atom is -0.508 e. The Labute approximate surface area is 116 Å². The van der Waals surface area contributed by atoms with Gasteiger partial charge in [0.15, 0.2) is 0 Å². The molecule has 2 N–H and O–H groups in total. The molecule has 0 saturated carbocycles. The SMILES string of the molecule is Cc1cc(N=CC2C(=O)Nc3ccccc32)ccc1O. The van der Waals surface area contributed by atoms with Crippen molar-refractivity contribution in [1.29, 1.82) is 0 Å². The molecule has 0 aromatic heterocycles. The van der Waals surface area contributed by atoms with E-state index in [9.17, 15) is 9.90 Å². The number of para-hydroxylation sites is 1. The van der Waals surface area contributed by atoms with Gasteiger partial charge in [0.2, 0.25) is 5.91 Å². The summed E-state index contributed by atoms with van der Waals surface area (Å²) in [6.45, 7) is 1.81. The van der Waals surface area contributed by atoms with E-state index in [1.807, 2.05) is 31.2 Å². The molecule has 1 atom stereocenters. The molecule has 1 unspecified atom stereocenters. The first kappa shape index (κ1) is 12.4. The molecule has 2 aromatic rings. The highest BCUT2D eigenvalue weighted by molar-refractivity contribution is 6.12. The molecule has 3 rings (SSSR count). The normalized spacial score (nSPS) is 17.2. The highest BCUT2D eigenvalue weighted by atomic mass is 16.3. The fourth-order valence-corrected chi connectivity index (χ4v) is 2.26. The van der Waals surface area contributed by atoms with Crippen molar-refractivity contribution in [1.82, 2.24) is 0 Å². The van der Waals surface area contributed by atoms with Crippen molar-refractivity contribution in [2.75, 3.05) is 5.32 Å². The summed E-state index contributed by atoms with van der Waals surface area (Å²) in [4.78, 5) is 16.3. The Morgan fingerprint density at radius 3 is 2.85 bits per heavy atom. The maximum absolute atomic E-state index is 11.9. The molecule has 1 aliphatic rings. The number of benzene rings is 2. The Morgan fingerprint density at radius 2 is 2.05 bits per heavy atom. The van der Waals surface area contributed by atoms with Crippen LogP contribution in [0.2, 0.25) is 0 Å². The van der Waals surface area contributed by atoms with Gasteiger partial charge in [-0.1, -0.05) is 18.2 Å². The fraction of sp³-hybridized carbons (Fsp3) is 0.125. The molecule has 0 saturated heterocycles. The number of carbonyl (C=O) groups is 1. The van der Waals surface area contributed by atoms with Crippen LogP contribution in [0, 0.1) is 6.92 Å². The first-order valence-corrected chi connectivity index (χ1v) is 6.39. The summed E-state index contributed by atoms with van der Waals surface area (Å²) in [5.74, 6) is -0.182. The van der Waals surface area contributed by atoms with Gasteiger partial charge in [-0.25, -0.2) is 0 Å². The monoisotopic (exact) mass is 266 g/mol. The molecular formula is C16H14N2O2. The molecule has 100 valence electrons. The van der Waals surface area contributed by atoms with Gasteiger partial charge in [0.25, 0.3) is 0 Å². The minimum absolute atomic E-state index is 0.0644. The third kappa shape index (κ3) is 2.16. The molecule has 2 aromatic carbocycles. The molecule has 0 spiro atoms. The smallest absolute Gasteiger partial charge is 0.237 e. The van der Waals surface area contributed by atoms with Crippen LogP contribution in [0.4, 0.5) is 11.4 Å². The largest absolute Gasteiger partial charge is 0.508 e. The number of hydrogen-bond acceptors (Lipinski definition) is 3. The molecule has 0 aliphatic carbocycles. The van der Waals surface area contributed by atoms with Crippen LogP contribution in [0.1, 0.15) is 17.0 Å². The van der Waals surface area contributed by atoms with Gasteiger partial charge in [0.1, 0.15) is 11.7 Å². The van der Waals surface area contributed by atoms with Gasteiger partial charge in [-0.2, -0.15) is 0 Å². The quantitative estimate of drug-likeness (QED) is 0.820. The van der Waals surface area contributed by atoms with E-state index < -0.39 is 0 Å². The molecule has 1 aliphatic heterocycles. The van der Waals surface area contributed by atoms with E-state index in [-0.39, 0.29) is 17.6 Å². The van der Waals surface area contributed by atoms with Crippen LogP contribution in [0.25, 0.3) is 0 Å². The second-order valence-corrected chi connectivity index (χ2v) is 4.80. The first-order chi connectivity index (χ1) is 9.65. The molecule has 0 bridgehead atoms. The Hall–Kier alpha value is -2.62. The summed E-state index contributed by atoms with van der Waals surface area (Å²) in [6.07, 6.45) is 1.65. The van der Waals surface area contributed by atoms with E-state index in [1.54, 1.807) is 24.4 Å². The number of hydrogen-bond donors (Lipinski definition) is 2. The Kier molecular flexibility index (Phi) is 2.99. The predicted molar refractivity (Wildman–Crippen MR) is 78.8 cm³/mol. The van der Waals surface area contributed by atoms with Crippen LogP contribution in [0.15, 0.2) is 47.5 Å². The van der Waals surface area contributed by atoms with Gasteiger partial charge < -0.3 is 10.4 Å². The number of anilines is 1. The van der Waals surface area contributed by atoms with Gasteiger partial charge in [-0.3, -0.25) is 9.79 Å². The molecule has 1 heterocycles. The standard InChI is InChI=1S/C16H14N2O2/c1-10-8-11(6-7-15(10)19)17-9-13-12-4-2-3-5-14(12)18-16(13)20/h2-9,13,19H,1H3,(H,18,20). The zero-order chi connectivity index (χ0) is 14.1. The number of phenols is 1. The van der Waals surface area contributed by atoms with Crippen molar-refractivity contribution < 1.29 is 9.90 Å². The fourth-order valence-electron chi connectivity index (χ4n) is 2.26. The lowest BCUT2D eigenvalue weighted by molar-refractivity contribution is -0.115. The number of aliphatic imine (C=N–C) groups is 1. The molecule has 0 radical (unpaired) electrons. The first-order valence-electron chi connectivity index (χ1n) is 6.39. The van der Waals surface area contributed by atoms with Crippen LogP contribution in [0.3, 0.4) is 0 Å². The Balaban J connectivity index is 1.89. The number of fused-ring (bicyclic) bond motifs is 1. The van der Waals surface area contributed by atoms with Gasteiger partial charge in [0, 0.05) is 11.9 Å². The van der Waals surface area contributed by atoms with Crippen molar-refractivity contribution in [2.24, 2.45) is 4.99 Å². The molecule has 20 heavy (non-hydrogen) atoms. The van der Waals surface area contributed by atoms with Crippen LogP contribution in [0.5, 0.6) is 5.75 Å². The highest BCUT2D eigenvalue weighted by Gasteiger charge is 2.28. The summed E-state index contributed by atoms with van der Waals surface area (Å²) in [5.41, 5.74) is 3.26. The van der Waals surface area contributed by atoms with Crippen molar-refractivity contribution in [3.05, 3.63) is 53.6 Å². The predicted octanol–water partition coefficient (Wildman–Crippen LogP) is 3.14. The maximum atomic E-state index is 11.9. The van der Waals surface area contributed by atoms with Crippen LogP contribution in [-0.4, -0.2) is 17.2 Å². The molecule has 4 heteroatoms. The number of rotatable bonds is 2. The van der Waals surface area contributed by atoms with Crippen LogP contribution < -0.4 is 5.32 Å². The third-order valence-corrected chi connectivity index (χ3v) is 3.39. The molecule has 4 nitrogen and oxygen atoms in total.